The number of fused-ring (bicyclic) bond motifs is 3. The third kappa shape index (κ3) is 3.44. The van der Waals surface area contributed by atoms with Crippen molar-refractivity contribution in [1.82, 2.24) is 24.6 Å². The van der Waals surface area contributed by atoms with Gasteiger partial charge in [0.1, 0.15) is 12.1 Å². The van der Waals surface area contributed by atoms with Crippen LogP contribution in [0.4, 0.5) is 0 Å². The number of aryl methyl sites for hydroxylation is 1. The van der Waals surface area contributed by atoms with Gasteiger partial charge in [-0.25, -0.2) is 0 Å². The molecule has 2 fully saturated rings. The van der Waals surface area contributed by atoms with E-state index in [0.717, 1.165) is 22.6 Å². The van der Waals surface area contributed by atoms with E-state index in [4.69, 9.17) is 9.15 Å². The molecule has 2 aliphatic heterocycles. The number of hydrogen-bond acceptors (Lipinski definition) is 7. The number of carbonyl (C=O) groups is 1. The highest BCUT2D eigenvalue weighted by molar-refractivity contribution is 7.99. The van der Waals surface area contributed by atoms with Crippen molar-refractivity contribution < 1.29 is 13.9 Å². The van der Waals surface area contributed by atoms with Crippen LogP contribution >= 0.6 is 11.8 Å². The lowest BCUT2D eigenvalue weighted by Gasteiger charge is -2.28. The average Bonchev–Trinajstić information content (AvgIpc) is 3.13. The van der Waals surface area contributed by atoms with E-state index in [-0.39, 0.29) is 17.9 Å². The number of nitrogens with zero attached hydrogens (tertiary/aromatic N) is 5. The first-order chi connectivity index (χ1) is 12.1. The minimum absolute atomic E-state index is 0.0973. The van der Waals surface area contributed by atoms with Crippen LogP contribution in [0.5, 0.6) is 0 Å². The average molecular weight is 363 g/mol. The van der Waals surface area contributed by atoms with Gasteiger partial charge in [-0.2, -0.15) is 0 Å². The van der Waals surface area contributed by atoms with Crippen molar-refractivity contribution in [3.05, 3.63) is 24.2 Å². The highest BCUT2D eigenvalue weighted by Gasteiger charge is 2.37. The van der Waals surface area contributed by atoms with Crippen molar-refractivity contribution in [2.45, 2.75) is 22.8 Å². The molecule has 134 valence electrons. The van der Waals surface area contributed by atoms with Crippen LogP contribution in [0.1, 0.15) is 5.76 Å². The van der Waals surface area contributed by atoms with Crippen LogP contribution in [0.15, 0.2) is 33.1 Å². The van der Waals surface area contributed by atoms with Gasteiger partial charge in [-0.15, -0.1) is 10.2 Å². The summed E-state index contributed by atoms with van der Waals surface area (Å²) in [5.74, 6) is 0.976. The molecule has 2 bridgehead atoms. The van der Waals surface area contributed by atoms with E-state index in [1.807, 2.05) is 35.7 Å². The molecule has 0 aliphatic carbocycles. The molecule has 0 N–H and O–H groups in total. The van der Waals surface area contributed by atoms with Gasteiger partial charge in [0, 0.05) is 27.2 Å². The van der Waals surface area contributed by atoms with Gasteiger partial charge < -0.3 is 18.6 Å². The Morgan fingerprint density at radius 2 is 2.16 bits per heavy atom. The molecule has 0 saturated carbocycles. The van der Waals surface area contributed by atoms with Crippen molar-refractivity contribution in [2.75, 3.05) is 33.4 Å². The van der Waals surface area contributed by atoms with Crippen LogP contribution in [0, 0.1) is 5.92 Å². The minimum Gasteiger partial charge on any atom is -0.453 e. The fraction of sp³-hybridized carbons (Fsp3) is 0.562. The summed E-state index contributed by atoms with van der Waals surface area (Å²) in [6.45, 7) is 3.28. The van der Waals surface area contributed by atoms with Gasteiger partial charge in [0.05, 0.1) is 31.7 Å². The Hall–Kier alpha value is -1.84. The van der Waals surface area contributed by atoms with Crippen LogP contribution in [-0.4, -0.2) is 69.9 Å². The van der Waals surface area contributed by atoms with Crippen LogP contribution in [0.2, 0.25) is 0 Å². The Morgan fingerprint density at radius 3 is 2.96 bits per heavy atom. The summed E-state index contributed by atoms with van der Waals surface area (Å²) in [4.78, 5) is 16.5. The Bertz CT molecular complexity index is 761. The zero-order valence-electron chi connectivity index (χ0n) is 14.3. The van der Waals surface area contributed by atoms with E-state index in [1.165, 1.54) is 11.8 Å². The van der Waals surface area contributed by atoms with Gasteiger partial charge in [0.25, 0.3) is 0 Å². The summed E-state index contributed by atoms with van der Waals surface area (Å²) in [6, 6.07) is 4.04. The Kier molecular flexibility index (Phi) is 4.53. The van der Waals surface area contributed by atoms with Crippen molar-refractivity contribution in [1.29, 1.82) is 0 Å². The molecule has 2 atom stereocenters. The van der Waals surface area contributed by atoms with Crippen LogP contribution in [0.3, 0.4) is 0 Å². The lowest BCUT2D eigenvalue weighted by atomic mass is 10.1. The second-order valence-electron chi connectivity index (χ2n) is 6.58. The second kappa shape index (κ2) is 6.81. The normalized spacial score (nSPS) is 24.6. The van der Waals surface area contributed by atoms with E-state index in [1.54, 1.807) is 6.33 Å². The Labute approximate surface area is 150 Å². The number of aromatic nitrogens is 3. The maximum absolute atomic E-state index is 12.4. The van der Waals surface area contributed by atoms with E-state index < -0.39 is 0 Å². The number of ether oxygens (including phenoxy) is 1. The van der Waals surface area contributed by atoms with E-state index in [9.17, 15) is 4.79 Å². The van der Waals surface area contributed by atoms with Crippen LogP contribution in [-0.2, 0) is 23.1 Å². The minimum atomic E-state index is -0.0973. The number of likely N-dealkylation sites (N-methyl/N-ethyl adjacent to an activating group) is 1. The van der Waals surface area contributed by atoms with Crippen LogP contribution in [0.25, 0.3) is 0 Å². The zero-order valence-corrected chi connectivity index (χ0v) is 15.1. The summed E-state index contributed by atoms with van der Waals surface area (Å²) in [7, 11) is 3.78. The molecule has 0 aromatic carbocycles. The summed E-state index contributed by atoms with van der Waals surface area (Å²) in [6.07, 6.45) is 1.66. The fourth-order valence-electron chi connectivity index (χ4n) is 3.29. The van der Waals surface area contributed by atoms with E-state index in [2.05, 4.69) is 15.1 Å². The molecule has 8 nitrogen and oxygen atoms in total. The lowest BCUT2D eigenvalue weighted by molar-refractivity contribution is -0.134. The first-order valence-electron chi connectivity index (χ1n) is 8.27. The molecule has 2 aromatic heterocycles. The molecule has 2 aliphatic rings. The van der Waals surface area contributed by atoms with Crippen molar-refractivity contribution in [2.24, 2.45) is 13.0 Å². The SMILES string of the molecule is CN1C(=O)[C@H]2COC[C@@H]1CN(Cc1ccc(Sc3nncn3C)o1)C2. The van der Waals surface area contributed by atoms with Crippen LogP contribution < -0.4 is 0 Å². The van der Waals surface area contributed by atoms with Crippen molar-refractivity contribution in [3.8, 4) is 0 Å². The Morgan fingerprint density at radius 1 is 1.28 bits per heavy atom. The number of furan rings is 1. The highest BCUT2D eigenvalue weighted by Crippen LogP contribution is 2.28. The molecular weight excluding hydrogens is 342 g/mol. The van der Waals surface area contributed by atoms with Gasteiger partial charge in [-0.05, 0) is 23.9 Å². The molecule has 4 rings (SSSR count). The third-order valence-corrected chi connectivity index (χ3v) is 5.67. The maximum Gasteiger partial charge on any atom is 0.229 e. The predicted octanol–water partition coefficient (Wildman–Crippen LogP) is 0.848. The van der Waals surface area contributed by atoms with Gasteiger partial charge >= 0.3 is 0 Å². The van der Waals surface area contributed by atoms with E-state index >= 15 is 0 Å². The van der Waals surface area contributed by atoms with Crippen molar-refractivity contribution in [3.63, 3.8) is 0 Å². The topological polar surface area (TPSA) is 76.6 Å². The summed E-state index contributed by atoms with van der Waals surface area (Å²) >= 11 is 1.45. The molecule has 2 aromatic rings. The Balaban J connectivity index is 1.44. The monoisotopic (exact) mass is 363 g/mol. The molecule has 0 unspecified atom stereocenters. The molecule has 0 spiro atoms. The highest BCUT2D eigenvalue weighted by atomic mass is 32.2. The number of amides is 1. The summed E-state index contributed by atoms with van der Waals surface area (Å²) in [5.41, 5.74) is 0. The number of hydrogen-bond donors (Lipinski definition) is 0. The molecule has 0 radical (unpaired) electrons. The summed E-state index contributed by atoms with van der Waals surface area (Å²) < 4.78 is 13.4. The van der Waals surface area contributed by atoms with Gasteiger partial charge in [0.15, 0.2) is 10.2 Å². The second-order valence-corrected chi connectivity index (χ2v) is 7.55. The first kappa shape index (κ1) is 16.6. The first-order valence-corrected chi connectivity index (χ1v) is 9.09. The lowest BCUT2D eigenvalue weighted by Crippen LogP contribution is -2.42. The quantitative estimate of drug-likeness (QED) is 0.797. The van der Waals surface area contributed by atoms with Gasteiger partial charge in [-0.3, -0.25) is 9.69 Å². The molecule has 9 heteroatoms. The molecular formula is C16H21N5O3S. The number of rotatable bonds is 4. The molecule has 2 saturated heterocycles. The van der Waals surface area contributed by atoms with Crippen molar-refractivity contribution >= 4 is 17.7 Å². The number of carbonyl (C=O) groups excluding carboxylic acids is 1. The maximum atomic E-state index is 12.4. The zero-order chi connectivity index (χ0) is 17.4. The largest absolute Gasteiger partial charge is 0.453 e. The smallest absolute Gasteiger partial charge is 0.229 e. The molecule has 1 amide bonds. The summed E-state index contributed by atoms with van der Waals surface area (Å²) in [5, 5.41) is 9.50. The third-order valence-electron chi connectivity index (χ3n) is 4.70. The molecule has 25 heavy (non-hydrogen) atoms. The fourth-order valence-corrected chi connectivity index (χ4v) is 4.03. The standard InChI is InChI=1S/C16H21N5O3S/c1-19-10-17-18-16(19)25-14-4-3-13(24-14)7-21-5-11-8-23-9-12(6-21)20(2)15(11)22/h3-4,10-12H,5-9H2,1-2H3/t11-,12+/m1/s1. The van der Waals surface area contributed by atoms with E-state index in [0.29, 0.717) is 26.3 Å². The van der Waals surface area contributed by atoms with Gasteiger partial charge in [0.2, 0.25) is 5.91 Å². The predicted molar refractivity (Wildman–Crippen MR) is 90.0 cm³/mol. The molecule has 4 heterocycles. The van der Waals surface area contributed by atoms with Gasteiger partial charge in [-0.1, -0.05) is 0 Å².